The zero-order chi connectivity index (χ0) is 16.8. The van der Waals surface area contributed by atoms with Crippen molar-refractivity contribution in [2.45, 2.75) is 25.3 Å². The van der Waals surface area contributed by atoms with Crippen molar-refractivity contribution in [2.75, 3.05) is 14.2 Å². The summed E-state index contributed by atoms with van der Waals surface area (Å²) in [4.78, 5) is 12.7. The second kappa shape index (κ2) is 7.68. The van der Waals surface area contributed by atoms with E-state index < -0.39 is 0 Å². The fourth-order valence-corrected chi connectivity index (χ4v) is 2.67. The quantitative estimate of drug-likeness (QED) is 0.797. The molecule has 0 saturated heterocycles. The van der Waals surface area contributed by atoms with E-state index in [4.69, 9.17) is 4.74 Å². The highest BCUT2D eigenvalue weighted by Gasteiger charge is 2.20. The van der Waals surface area contributed by atoms with Crippen LogP contribution in [0.1, 0.15) is 30.4 Å². The molecule has 23 heavy (non-hydrogen) atoms. The van der Waals surface area contributed by atoms with Crippen molar-refractivity contribution in [3.8, 4) is 11.5 Å². The van der Waals surface area contributed by atoms with Crippen molar-refractivity contribution < 1.29 is 14.6 Å². The van der Waals surface area contributed by atoms with Crippen LogP contribution in [0.5, 0.6) is 11.5 Å². The first kappa shape index (κ1) is 16.9. The van der Waals surface area contributed by atoms with Crippen molar-refractivity contribution >= 4 is 6.41 Å². The van der Waals surface area contributed by atoms with E-state index in [0.717, 1.165) is 18.4 Å². The second-order valence-electron chi connectivity index (χ2n) is 5.75. The van der Waals surface area contributed by atoms with Gasteiger partial charge in [0.15, 0.2) is 11.5 Å². The van der Waals surface area contributed by atoms with Crippen LogP contribution >= 0.6 is 0 Å². The summed E-state index contributed by atoms with van der Waals surface area (Å²) in [6.07, 6.45) is 1.64. The Balaban J connectivity index is 2.39. The topological polar surface area (TPSA) is 49.8 Å². The maximum Gasteiger partial charge on any atom is 0.209 e. The molecular weight excluding hydrogens is 290 g/mol. The van der Waals surface area contributed by atoms with Crippen molar-refractivity contribution in [1.82, 2.24) is 4.90 Å². The van der Waals surface area contributed by atoms with Crippen molar-refractivity contribution in [3.63, 3.8) is 0 Å². The first-order chi connectivity index (χ1) is 11.1. The van der Waals surface area contributed by atoms with Crippen molar-refractivity contribution in [1.29, 1.82) is 0 Å². The molecule has 1 N–H and O–H groups in total. The molecule has 2 rings (SSSR count). The number of carbonyl (C=O) groups excluding carboxylic acids is 1. The maximum atomic E-state index is 11.0. The first-order valence-corrected chi connectivity index (χ1v) is 7.66. The van der Waals surface area contributed by atoms with Gasteiger partial charge in [-0.3, -0.25) is 4.79 Å². The number of rotatable bonds is 7. The zero-order valence-electron chi connectivity index (χ0n) is 13.8. The normalized spacial score (nSPS) is 13.2. The number of phenols is 1. The molecule has 4 heteroatoms. The number of nitrogens with zero attached hydrogens (tertiary/aromatic N) is 1. The molecule has 0 aliphatic heterocycles. The second-order valence-corrected chi connectivity index (χ2v) is 5.75. The fraction of sp³-hybridized carbons (Fsp3) is 0.316. The molecule has 0 heterocycles. The van der Waals surface area contributed by atoms with Crippen LogP contribution < -0.4 is 4.74 Å². The molecule has 0 aliphatic carbocycles. The predicted molar refractivity (Wildman–Crippen MR) is 90.8 cm³/mol. The Hall–Kier alpha value is -2.49. The smallest absolute Gasteiger partial charge is 0.209 e. The largest absolute Gasteiger partial charge is 0.504 e. The van der Waals surface area contributed by atoms with E-state index in [1.165, 1.54) is 5.56 Å². The van der Waals surface area contributed by atoms with E-state index >= 15 is 0 Å². The minimum atomic E-state index is 0.0949. The molecule has 0 aromatic heterocycles. The third kappa shape index (κ3) is 4.03. The van der Waals surface area contributed by atoms with Gasteiger partial charge in [0.05, 0.1) is 7.11 Å². The van der Waals surface area contributed by atoms with E-state index in [0.29, 0.717) is 5.75 Å². The summed E-state index contributed by atoms with van der Waals surface area (Å²) in [6, 6.07) is 15.7. The van der Waals surface area contributed by atoms with Crippen LogP contribution in [-0.4, -0.2) is 36.6 Å². The molecule has 1 amide bonds. The van der Waals surface area contributed by atoms with E-state index in [2.05, 4.69) is 12.1 Å². The highest BCUT2D eigenvalue weighted by Crippen LogP contribution is 2.35. The van der Waals surface area contributed by atoms with Crippen LogP contribution in [0, 0.1) is 0 Å². The fourth-order valence-electron chi connectivity index (χ4n) is 2.67. The molecule has 0 radical (unpaired) electrons. The number of hydrogen-bond donors (Lipinski definition) is 1. The van der Waals surface area contributed by atoms with Crippen LogP contribution in [0.25, 0.3) is 0 Å². The Labute approximate surface area is 137 Å². The average molecular weight is 313 g/mol. The number of methoxy groups -OCH3 is 1. The van der Waals surface area contributed by atoms with Gasteiger partial charge in [-0.1, -0.05) is 36.4 Å². The predicted octanol–water partition coefficient (Wildman–Crippen LogP) is 3.40. The molecule has 122 valence electrons. The lowest BCUT2D eigenvalue weighted by Gasteiger charge is -2.27. The summed E-state index contributed by atoms with van der Waals surface area (Å²) in [6.45, 7) is 2.03. The van der Waals surface area contributed by atoms with Crippen LogP contribution in [0.3, 0.4) is 0 Å². The molecule has 2 atom stereocenters. The van der Waals surface area contributed by atoms with Gasteiger partial charge in [0, 0.05) is 19.0 Å². The van der Waals surface area contributed by atoms with Crippen molar-refractivity contribution in [3.05, 3.63) is 59.7 Å². The molecule has 2 aromatic carbocycles. The Morgan fingerprint density at radius 2 is 1.87 bits per heavy atom. The van der Waals surface area contributed by atoms with Gasteiger partial charge in [-0.25, -0.2) is 0 Å². The van der Waals surface area contributed by atoms with E-state index in [1.807, 2.05) is 37.3 Å². The lowest BCUT2D eigenvalue weighted by Crippen LogP contribution is -2.29. The molecular formula is C19H23NO3. The molecule has 2 aromatic rings. The third-order valence-electron chi connectivity index (χ3n) is 4.25. The summed E-state index contributed by atoms with van der Waals surface area (Å²) in [7, 11) is 3.33. The standard InChI is InChI=1S/C19H23NO3/c1-14(20(2)13-21)11-17(15-7-5-4-6-8-15)16-9-10-18(22)19(12-16)23-3/h4-10,12-14,17,22H,11H2,1-3H3/t14-,17-/m1/s1. The molecule has 4 nitrogen and oxygen atoms in total. The van der Waals surface area contributed by atoms with E-state index in [-0.39, 0.29) is 17.7 Å². The minimum Gasteiger partial charge on any atom is -0.504 e. The number of ether oxygens (including phenoxy) is 1. The van der Waals surface area contributed by atoms with E-state index in [9.17, 15) is 9.90 Å². The maximum absolute atomic E-state index is 11.0. The summed E-state index contributed by atoms with van der Waals surface area (Å²) >= 11 is 0. The number of aromatic hydroxyl groups is 1. The Morgan fingerprint density at radius 1 is 1.17 bits per heavy atom. The Kier molecular flexibility index (Phi) is 5.63. The molecule has 0 spiro atoms. The number of amides is 1. The van der Waals surface area contributed by atoms with Gasteiger partial charge in [0.1, 0.15) is 0 Å². The SMILES string of the molecule is COc1cc([C@H](C[C@@H](C)N(C)C=O)c2ccccc2)ccc1O. The number of phenolic OH excluding ortho intramolecular Hbond substituents is 1. The van der Waals surface area contributed by atoms with Crippen LogP contribution in [0.15, 0.2) is 48.5 Å². The Morgan fingerprint density at radius 3 is 2.48 bits per heavy atom. The van der Waals surface area contributed by atoms with Gasteiger partial charge in [-0.2, -0.15) is 0 Å². The number of carbonyl (C=O) groups is 1. The third-order valence-corrected chi connectivity index (χ3v) is 4.25. The van der Waals surface area contributed by atoms with Crippen molar-refractivity contribution in [2.24, 2.45) is 0 Å². The molecule has 0 bridgehead atoms. The average Bonchev–Trinajstić information content (AvgIpc) is 2.60. The van der Waals surface area contributed by atoms with Gasteiger partial charge < -0.3 is 14.7 Å². The van der Waals surface area contributed by atoms with Crippen LogP contribution in [0.2, 0.25) is 0 Å². The molecule has 0 fully saturated rings. The molecule has 0 saturated carbocycles. The van der Waals surface area contributed by atoms with Gasteiger partial charge in [-0.05, 0) is 36.6 Å². The number of hydrogen-bond acceptors (Lipinski definition) is 3. The Bertz CT molecular complexity index is 642. The molecule has 0 unspecified atom stereocenters. The van der Waals surface area contributed by atoms with Gasteiger partial charge in [-0.15, -0.1) is 0 Å². The summed E-state index contributed by atoms with van der Waals surface area (Å²) in [5.74, 6) is 0.698. The monoisotopic (exact) mass is 313 g/mol. The highest BCUT2D eigenvalue weighted by atomic mass is 16.5. The summed E-state index contributed by atoms with van der Waals surface area (Å²) < 4.78 is 5.23. The number of benzene rings is 2. The van der Waals surface area contributed by atoms with Crippen LogP contribution in [0.4, 0.5) is 0 Å². The van der Waals surface area contributed by atoms with Gasteiger partial charge in [0.25, 0.3) is 0 Å². The zero-order valence-corrected chi connectivity index (χ0v) is 13.8. The highest BCUT2D eigenvalue weighted by molar-refractivity contribution is 5.48. The lowest BCUT2D eigenvalue weighted by molar-refractivity contribution is -0.118. The van der Waals surface area contributed by atoms with Crippen LogP contribution in [-0.2, 0) is 4.79 Å². The molecule has 0 aliphatic rings. The summed E-state index contributed by atoms with van der Waals surface area (Å²) in [5.41, 5.74) is 2.23. The minimum absolute atomic E-state index is 0.0949. The van der Waals surface area contributed by atoms with Gasteiger partial charge in [0.2, 0.25) is 6.41 Å². The first-order valence-electron chi connectivity index (χ1n) is 7.66. The summed E-state index contributed by atoms with van der Waals surface area (Å²) in [5, 5.41) is 9.82. The lowest BCUT2D eigenvalue weighted by atomic mass is 9.86. The van der Waals surface area contributed by atoms with E-state index in [1.54, 1.807) is 25.1 Å². The van der Waals surface area contributed by atoms with Gasteiger partial charge >= 0.3 is 0 Å².